The number of benzene rings is 5. The van der Waals surface area contributed by atoms with Crippen LogP contribution < -0.4 is 5.46 Å². The van der Waals surface area contributed by atoms with Crippen molar-refractivity contribution in [3.63, 3.8) is 0 Å². The van der Waals surface area contributed by atoms with E-state index in [-0.39, 0.29) is 10.8 Å². The van der Waals surface area contributed by atoms with Crippen LogP contribution in [0.4, 0.5) is 0 Å². The molecule has 4 heteroatoms. The molecule has 212 valence electrons. The van der Waals surface area contributed by atoms with Gasteiger partial charge in [0.15, 0.2) is 24.8 Å². The van der Waals surface area contributed by atoms with E-state index in [0.717, 1.165) is 35.9 Å². The number of fused-ring (bicyclic) bond motifs is 1. The first-order chi connectivity index (χ1) is 20.7. The largest absolute Gasteiger partial charge is 0.208 e. The third-order valence-corrected chi connectivity index (χ3v) is 9.12. The Hall–Kier alpha value is -4.57. The molecule has 0 aliphatic heterocycles. The summed E-state index contributed by atoms with van der Waals surface area (Å²) in [5.74, 6) is 2.01. The van der Waals surface area contributed by atoms with Gasteiger partial charge in [-0.25, -0.2) is 15.0 Å². The molecule has 0 unspecified atom stereocenters. The maximum atomic E-state index is 4.97. The lowest BCUT2D eigenvalue weighted by atomic mass is 9.53. The highest BCUT2D eigenvalue weighted by Crippen LogP contribution is 2.41. The summed E-state index contributed by atoms with van der Waals surface area (Å²) in [6.07, 6.45) is 1.13. The summed E-state index contributed by atoms with van der Waals surface area (Å²) in [5.41, 5.74) is 7.14. The van der Waals surface area contributed by atoms with Gasteiger partial charge in [-0.05, 0) is 38.8 Å². The molecule has 3 nitrogen and oxygen atoms in total. The van der Waals surface area contributed by atoms with Gasteiger partial charge in [0.05, 0.1) is 0 Å². The zero-order valence-electron chi connectivity index (χ0n) is 25.8. The molecule has 1 aromatic heterocycles. The van der Waals surface area contributed by atoms with E-state index in [1.54, 1.807) is 0 Å². The third kappa shape index (κ3) is 6.15. The minimum Gasteiger partial charge on any atom is -0.208 e. The van der Waals surface area contributed by atoms with Gasteiger partial charge in [-0.3, -0.25) is 0 Å². The van der Waals surface area contributed by atoms with Gasteiger partial charge in [0.2, 0.25) is 0 Å². The topological polar surface area (TPSA) is 38.7 Å². The fourth-order valence-corrected chi connectivity index (χ4v) is 5.35. The zero-order chi connectivity index (χ0) is 30.0. The van der Waals surface area contributed by atoms with Crippen molar-refractivity contribution in [2.24, 2.45) is 10.8 Å². The molecule has 5 aromatic carbocycles. The van der Waals surface area contributed by atoms with E-state index >= 15 is 0 Å². The summed E-state index contributed by atoms with van der Waals surface area (Å²) >= 11 is 0. The highest BCUT2D eigenvalue weighted by Gasteiger charge is 2.32. The molecule has 0 bridgehead atoms. The van der Waals surface area contributed by atoms with E-state index in [1.807, 2.05) is 60.7 Å². The number of hydrogen-bond donors (Lipinski definition) is 0. The second kappa shape index (κ2) is 11.6. The predicted molar refractivity (Wildman–Crippen MR) is 184 cm³/mol. The summed E-state index contributed by atoms with van der Waals surface area (Å²) < 4.78 is 0. The Morgan fingerprint density at radius 2 is 1.02 bits per heavy atom. The van der Waals surface area contributed by atoms with Crippen molar-refractivity contribution in [1.29, 1.82) is 0 Å². The monoisotopic (exact) mass is 559 g/mol. The number of nitrogens with zero attached hydrogens (tertiary/aromatic N) is 3. The lowest BCUT2D eigenvalue weighted by molar-refractivity contribution is 0.157. The molecule has 0 fully saturated rings. The first-order valence-electron chi connectivity index (χ1n) is 15.2. The normalized spacial score (nSPS) is 11.9. The lowest BCUT2D eigenvalue weighted by Crippen LogP contribution is -2.33. The fraction of sp³-hybridized carbons (Fsp3) is 0.205. The fourth-order valence-electron chi connectivity index (χ4n) is 5.35. The van der Waals surface area contributed by atoms with Crippen LogP contribution in [0.2, 0.25) is 6.32 Å². The van der Waals surface area contributed by atoms with Crippen LogP contribution in [-0.2, 0) is 0 Å². The first kappa shape index (κ1) is 28.5. The van der Waals surface area contributed by atoms with Gasteiger partial charge in [0.1, 0.15) is 0 Å². The summed E-state index contributed by atoms with van der Waals surface area (Å²) in [6.45, 7) is 11.8. The molecule has 0 aliphatic carbocycles. The molecule has 43 heavy (non-hydrogen) atoms. The Kier molecular flexibility index (Phi) is 7.71. The summed E-state index contributed by atoms with van der Waals surface area (Å²) in [7, 11) is 1.04. The quantitative estimate of drug-likeness (QED) is 0.183. The van der Waals surface area contributed by atoms with E-state index in [2.05, 4.69) is 95.3 Å². The van der Waals surface area contributed by atoms with Crippen molar-refractivity contribution in [1.82, 2.24) is 15.0 Å². The molecule has 0 aliphatic rings. The molecule has 0 saturated carbocycles. The van der Waals surface area contributed by atoms with Crippen molar-refractivity contribution >= 4 is 23.5 Å². The Balaban J connectivity index is 1.45. The molecular formula is C39H38BN3. The van der Waals surface area contributed by atoms with Crippen molar-refractivity contribution in [3.05, 3.63) is 121 Å². The SMILES string of the molecule is CC(C)(C)C(C)(C)CBc1cc(-c2cccc(-c3nc(-c4ccccc4)nc(-c4ccccc4)n3)c2)c2ccccc2c1. The van der Waals surface area contributed by atoms with Crippen LogP contribution in [0.15, 0.2) is 121 Å². The maximum Gasteiger partial charge on any atom is 0.164 e. The molecule has 0 radical (unpaired) electrons. The predicted octanol–water partition coefficient (Wildman–Crippen LogP) is 9.25. The van der Waals surface area contributed by atoms with Crippen molar-refractivity contribution in [2.75, 3.05) is 0 Å². The van der Waals surface area contributed by atoms with Gasteiger partial charge >= 0.3 is 0 Å². The van der Waals surface area contributed by atoms with Gasteiger partial charge < -0.3 is 0 Å². The van der Waals surface area contributed by atoms with Gasteiger partial charge in [-0.1, -0.05) is 162 Å². The molecule has 0 atom stereocenters. The van der Waals surface area contributed by atoms with Gasteiger partial charge in [0, 0.05) is 16.7 Å². The van der Waals surface area contributed by atoms with E-state index in [0.29, 0.717) is 17.5 Å². The molecule has 0 spiro atoms. The minimum absolute atomic E-state index is 0.227. The first-order valence-corrected chi connectivity index (χ1v) is 15.2. The van der Waals surface area contributed by atoms with Crippen molar-refractivity contribution in [2.45, 2.75) is 40.9 Å². The van der Waals surface area contributed by atoms with Crippen LogP contribution in [0.1, 0.15) is 34.6 Å². The van der Waals surface area contributed by atoms with Crippen molar-refractivity contribution in [3.8, 4) is 45.3 Å². The summed E-state index contributed by atoms with van der Waals surface area (Å²) in [4.78, 5) is 14.8. The lowest BCUT2D eigenvalue weighted by Gasteiger charge is -2.39. The van der Waals surface area contributed by atoms with E-state index < -0.39 is 0 Å². The van der Waals surface area contributed by atoms with Crippen LogP contribution >= 0.6 is 0 Å². The van der Waals surface area contributed by atoms with Gasteiger partial charge in [0.25, 0.3) is 0 Å². The Bertz CT molecular complexity index is 1820. The van der Waals surface area contributed by atoms with E-state index in [4.69, 9.17) is 15.0 Å². The number of aromatic nitrogens is 3. The van der Waals surface area contributed by atoms with Crippen LogP contribution in [0.25, 0.3) is 56.1 Å². The third-order valence-electron chi connectivity index (χ3n) is 9.12. The van der Waals surface area contributed by atoms with Crippen molar-refractivity contribution < 1.29 is 0 Å². The molecule has 0 amide bonds. The number of rotatable bonds is 7. The minimum atomic E-state index is 0.227. The van der Waals surface area contributed by atoms with Crippen LogP contribution in [0.5, 0.6) is 0 Å². The molecular weight excluding hydrogens is 521 g/mol. The van der Waals surface area contributed by atoms with E-state index in [1.165, 1.54) is 21.8 Å². The average Bonchev–Trinajstić information content (AvgIpc) is 3.03. The zero-order valence-corrected chi connectivity index (χ0v) is 25.8. The molecule has 0 N–H and O–H groups in total. The van der Waals surface area contributed by atoms with Gasteiger partial charge in [-0.2, -0.15) is 0 Å². The Labute approximate surface area is 256 Å². The summed E-state index contributed by atoms with van der Waals surface area (Å²) in [5, 5.41) is 2.52. The molecule has 0 saturated heterocycles. The van der Waals surface area contributed by atoms with Crippen LogP contribution in [0, 0.1) is 10.8 Å². The summed E-state index contributed by atoms with van der Waals surface area (Å²) in [6, 6.07) is 42.4. The van der Waals surface area contributed by atoms with E-state index in [9.17, 15) is 0 Å². The second-order valence-electron chi connectivity index (χ2n) is 13.1. The molecule has 6 rings (SSSR count). The van der Waals surface area contributed by atoms with Crippen LogP contribution in [0.3, 0.4) is 0 Å². The average molecular weight is 560 g/mol. The molecule has 6 aromatic rings. The molecule has 1 heterocycles. The number of hydrogen-bond acceptors (Lipinski definition) is 3. The van der Waals surface area contributed by atoms with Crippen LogP contribution in [-0.4, -0.2) is 22.2 Å². The Morgan fingerprint density at radius 3 is 1.63 bits per heavy atom. The standard InChI is InChI=1S/C39H38BN3/c1-38(2,3)39(4,5)26-40-32-24-30-19-12-13-22-33(30)34(25-32)29-20-14-21-31(23-29)37-42-35(27-15-8-6-9-16-27)41-36(43-37)28-17-10-7-11-18-28/h6-25,40H,26H2,1-5H3. The smallest absolute Gasteiger partial charge is 0.164 e. The second-order valence-corrected chi connectivity index (χ2v) is 13.1. The highest BCUT2D eigenvalue weighted by molar-refractivity contribution is 6.54. The Morgan fingerprint density at radius 1 is 0.512 bits per heavy atom. The highest BCUT2D eigenvalue weighted by atomic mass is 15.0. The maximum absolute atomic E-state index is 4.97. The van der Waals surface area contributed by atoms with Gasteiger partial charge in [-0.15, -0.1) is 0 Å².